The smallest absolute Gasteiger partial charge is 0.163 e. The second kappa shape index (κ2) is 5.00. The van der Waals surface area contributed by atoms with Crippen molar-refractivity contribution < 1.29 is 14.3 Å². The lowest BCUT2D eigenvalue weighted by Crippen LogP contribution is -1.96. The van der Waals surface area contributed by atoms with Crippen LogP contribution in [0.2, 0.25) is 0 Å². The first-order chi connectivity index (χ1) is 9.74. The van der Waals surface area contributed by atoms with E-state index >= 15 is 0 Å². The molecule has 0 aromatic heterocycles. The number of methoxy groups -OCH3 is 2. The lowest BCUT2D eigenvalue weighted by Gasteiger charge is -2.14. The maximum Gasteiger partial charge on any atom is 0.163 e. The molecule has 0 atom stereocenters. The fourth-order valence-corrected chi connectivity index (χ4v) is 2.76. The monoisotopic (exact) mass is 268 g/mol. The molecular weight excluding hydrogens is 252 g/mol. The molecule has 2 aromatic carbocycles. The van der Waals surface area contributed by atoms with Crippen molar-refractivity contribution in [2.24, 2.45) is 0 Å². The first-order valence-electron chi connectivity index (χ1n) is 6.62. The van der Waals surface area contributed by atoms with E-state index in [1.807, 2.05) is 36.4 Å². The maximum absolute atomic E-state index is 11.9. The molecule has 0 spiro atoms. The predicted molar refractivity (Wildman–Crippen MR) is 77.6 cm³/mol. The minimum atomic E-state index is 0.220. The van der Waals surface area contributed by atoms with E-state index in [-0.39, 0.29) is 5.78 Å². The molecule has 0 amide bonds. The summed E-state index contributed by atoms with van der Waals surface area (Å²) in [5.41, 5.74) is 4.00. The molecule has 1 aliphatic carbocycles. The van der Waals surface area contributed by atoms with Gasteiger partial charge in [0.05, 0.1) is 14.2 Å². The highest BCUT2D eigenvalue weighted by Crippen LogP contribution is 2.39. The number of ketones is 1. The van der Waals surface area contributed by atoms with Crippen molar-refractivity contribution in [3.8, 4) is 22.6 Å². The third-order valence-corrected chi connectivity index (χ3v) is 3.78. The van der Waals surface area contributed by atoms with Crippen LogP contribution in [0.5, 0.6) is 11.5 Å². The normalized spacial score (nSPS) is 13.2. The van der Waals surface area contributed by atoms with Gasteiger partial charge in [-0.05, 0) is 41.8 Å². The summed E-state index contributed by atoms with van der Waals surface area (Å²) < 4.78 is 10.7. The number of hydrogen-bond donors (Lipinski definition) is 0. The van der Waals surface area contributed by atoms with Gasteiger partial charge in [-0.15, -0.1) is 0 Å². The minimum Gasteiger partial charge on any atom is -0.497 e. The molecule has 0 saturated carbocycles. The van der Waals surface area contributed by atoms with Crippen molar-refractivity contribution in [3.63, 3.8) is 0 Å². The Morgan fingerprint density at radius 3 is 2.30 bits per heavy atom. The molecule has 0 radical (unpaired) electrons. The van der Waals surface area contributed by atoms with Gasteiger partial charge in [0.25, 0.3) is 0 Å². The second-order valence-electron chi connectivity index (χ2n) is 4.82. The molecule has 102 valence electrons. The van der Waals surface area contributed by atoms with Gasteiger partial charge in [-0.2, -0.15) is 0 Å². The van der Waals surface area contributed by atoms with Crippen LogP contribution < -0.4 is 9.47 Å². The van der Waals surface area contributed by atoms with Crippen LogP contribution in [0.3, 0.4) is 0 Å². The van der Waals surface area contributed by atoms with Crippen molar-refractivity contribution >= 4 is 5.78 Å². The fraction of sp³-hybridized carbons (Fsp3) is 0.235. The predicted octanol–water partition coefficient (Wildman–Crippen LogP) is 3.50. The Kier molecular flexibility index (Phi) is 3.18. The zero-order chi connectivity index (χ0) is 14.1. The Morgan fingerprint density at radius 1 is 0.900 bits per heavy atom. The Labute approximate surface area is 118 Å². The molecule has 2 aromatic rings. The van der Waals surface area contributed by atoms with E-state index in [1.165, 1.54) is 0 Å². The van der Waals surface area contributed by atoms with E-state index in [0.29, 0.717) is 6.42 Å². The Balaban J connectivity index is 2.18. The van der Waals surface area contributed by atoms with Crippen LogP contribution in [0.1, 0.15) is 22.3 Å². The minimum absolute atomic E-state index is 0.220. The average molecular weight is 268 g/mol. The standard InChI is InChI=1S/C17H16O3/c1-19-12-5-3-11(4-6-12)17-14-7-9-15(18)13(14)8-10-16(17)20-2/h3-6,8,10H,7,9H2,1-2H3. The summed E-state index contributed by atoms with van der Waals surface area (Å²) in [4.78, 5) is 11.9. The summed E-state index contributed by atoms with van der Waals surface area (Å²) in [5, 5.41) is 0. The number of benzene rings is 2. The molecule has 0 bridgehead atoms. The van der Waals surface area contributed by atoms with Crippen LogP contribution >= 0.6 is 0 Å². The number of hydrogen-bond acceptors (Lipinski definition) is 3. The molecule has 20 heavy (non-hydrogen) atoms. The summed E-state index contributed by atoms with van der Waals surface area (Å²) in [6, 6.07) is 11.6. The van der Waals surface area contributed by atoms with Crippen molar-refractivity contribution in [1.29, 1.82) is 0 Å². The molecule has 0 aliphatic heterocycles. The first-order valence-corrected chi connectivity index (χ1v) is 6.62. The Morgan fingerprint density at radius 2 is 1.65 bits per heavy atom. The third-order valence-electron chi connectivity index (χ3n) is 3.78. The van der Waals surface area contributed by atoms with Gasteiger partial charge in [-0.3, -0.25) is 4.79 Å². The third kappa shape index (κ3) is 1.95. The topological polar surface area (TPSA) is 35.5 Å². The van der Waals surface area contributed by atoms with Crippen molar-refractivity contribution in [3.05, 3.63) is 47.5 Å². The summed E-state index contributed by atoms with van der Waals surface area (Å²) in [5.74, 6) is 1.84. The number of fused-ring (bicyclic) bond motifs is 1. The summed E-state index contributed by atoms with van der Waals surface area (Å²) in [6.45, 7) is 0. The zero-order valence-electron chi connectivity index (χ0n) is 11.6. The summed E-state index contributed by atoms with van der Waals surface area (Å²) >= 11 is 0. The molecule has 3 heteroatoms. The number of carbonyl (C=O) groups excluding carboxylic acids is 1. The maximum atomic E-state index is 11.9. The van der Waals surface area contributed by atoms with E-state index < -0.39 is 0 Å². The quantitative estimate of drug-likeness (QED) is 0.854. The van der Waals surface area contributed by atoms with Crippen LogP contribution in [0.25, 0.3) is 11.1 Å². The summed E-state index contributed by atoms with van der Waals surface area (Å²) in [6.07, 6.45) is 1.37. The molecule has 1 aliphatic rings. The van der Waals surface area contributed by atoms with Gasteiger partial charge >= 0.3 is 0 Å². The highest BCUT2D eigenvalue weighted by atomic mass is 16.5. The van der Waals surface area contributed by atoms with Gasteiger partial charge in [-0.25, -0.2) is 0 Å². The zero-order valence-corrected chi connectivity index (χ0v) is 11.6. The Bertz CT molecular complexity index is 657. The van der Waals surface area contributed by atoms with Gasteiger partial charge < -0.3 is 9.47 Å². The van der Waals surface area contributed by atoms with Crippen molar-refractivity contribution in [1.82, 2.24) is 0 Å². The Hall–Kier alpha value is -2.29. The van der Waals surface area contributed by atoms with Crippen molar-refractivity contribution in [2.45, 2.75) is 12.8 Å². The number of ether oxygens (including phenoxy) is 2. The van der Waals surface area contributed by atoms with Crippen LogP contribution in [0.4, 0.5) is 0 Å². The van der Waals surface area contributed by atoms with E-state index in [1.54, 1.807) is 14.2 Å². The summed E-state index contributed by atoms with van der Waals surface area (Å²) in [7, 11) is 3.31. The number of carbonyl (C=O) groups is 1. The van der Waals surface area contributed by atoms with Gasteiger partial charge in [0.15, 0.2) is 5.78 Å². The van der Waals surface area contributed by atoms with Crippen LogP contribution in [0.15, 0.2) is 36.4 Å². The van der Waals surface area contributed by atoms with E-state index in [2.05, 4.69) is 0 Å². The molecule has 0 fully saturated rings. The molecule has 3 rings (SSSR count). The van der Waals surface area contributed by atoms with Gasteiger partial charge in [-0.1, -0.05) is 12.1 Å². The SMILES string of the molecule is COc1ccc(-c2c(OC)ccc3c2CCC3=O)cc1. The van der Waals surface area contributed by atoms with Gasteiger partial charge in [0.2, 0.25) is 0 Å². The van der Waals surface area contributed by atoms with Gasteiger partial charge in [0.1, 0.15) is 11.5 Å². The van der Waals surface area contributed by atoms with E-state index in [0.717, 1.165) is 40.2 Å². The molecular formula is C17H16O3. The van der Waals surface area contributed by atoms with E-state index in [9.17, 15) is 4.79 Å². The second-order valence-corrected chi connectivity index (χ2v) is 4.82. The molecule has 3 nitrogen and oxygen atoms in total. The van der Waals surface area contributed by atoms with Crippen LogP contribution in [-0.4, -0.2) is 20.0 Å². The highest BCUT2D eigenvalue weighted by Gasteiger charge is 2.25. The average Bonchev–Trinajstić information content (AvgIpc) is 2.88. The van der Waals surface area contributed by atoms with Gasteiger partial charge in [0, 0.05) is 17.5 Å². The highest BCUT2D eigenvalue weighted by molar-refractivity contribution is 6.03. The van der Waals surface area contributed by atoms with E-state index in [4.69, 9.17) is 9.47 Å². The van der Waals surface area contributed by atoms with Crippen LogP contribution in [0, 0.1) is 0 Å². The largest absolute Gasteiger partial charge is 0.497 e. The van der Waals surface area contributed by atoms with Crippen molar-refractivity contribution in [2.75, 3.05) is 14.2 Å². The lowest BCUT2D eigenvalue weighted by molar-refractivity contribution is 0.0994. The first kappa shape index (κ1) is 12.7. The van der Waals surface area contributed by atoms with Crippen LogP contribution in [-0.2, 0) is 6.42 Å². The molecule has 0 N–H and O–H groups in total. The molecule has 0 heterocycles. The molecule has 0 unspecified atom stereocenters. The lowest BCUT2D eigenvalue weighted by atomic mass is 9.95. The fourth-order valence-electron chi connectivity index (χ4n) is 2.76. The number of rotatable bonds is 3. The molecule has 0 saturated heterocycles. The number of Topliss-reactive ketones (excluding diaryl/α,β-unsaturated/α-hetero) is 1.